The van der Waals surface area contributed by atoms with Crippen molar-refractivity contribution in [3.05, 3.63) is 36.1 Å². The van der Waals surface area contributed by atoms with E-state index in [2.05, 4.69) is 24.4 Å². The number of furan rings is 1. The van der Waals surface area contributed by atoms with Crippen molar-refractivity contribution in [1.82, 2.24) is 5.32 Å². The number of hydrogen-bond acceptors (Lipinski definition) is 3. The van der Waals surface area contributed by atoms with Gasteiger partial charge in [0, 0.05) is 18.6 Å². The van der Waals surface area contributed by atoms with E-state index >= 15 is 0 Å². The lowest BCUT2D eigenvalue weighted by molar-refractivity contribution is 0.144. The number of benzene rings is 1. The molecule has 3 heteroatoms. The Morgan fingerprint density at radius 1 is 1.33 bits per heavy atom. The molecule has 18 heavy (non-hydrogen) atoms. The fourth-order valence-corrected chi connectivity index (χ4v) is 1.95. The van der Waals surface area contributed by atoms with E-state index in [9.17, 15) is 0 Å². The van der Waals surface area contributed by atoms with E-state index in [0.717, 1.165) is 42.9 Å². The van der Waals surface area contributed by atoms with Crippen molar-refractivity contribution in [3.8, 4) is 0 Å². The first kappa shape index (κ1) is 13.1. The highest BCUT2D eigenvalue weighted by atomic mass is 16.5. The second kappa shape index (κ2) is 6.57. The zero-order chi connectivity index (χ0) is 12.8. The predicted octanol–water partition coefficient (Wildman–Crippen LogP) is 3.51. The molecule has 2 aromatic rings. The Morgan fingerprint density at radius 2 is 2.17 bits per heavy atom. The molecule has 2 rings (SSSR count). The molecule has 0 fully saturated rings. The van der Waals surface area contributed by atoms with Crippen LogP contribution in [-0.2, 0) is 4.74 Å². The lowest BCUT2D eigenvalue weighted by atomic mass is 10.2. The number of ether oxygens (including phenoxy) is 1. The lowest BCUT2D eigenvalue weighted by Crippen LogP contribution is -2.20. The van der Waals surface area contributed by atoms with Gasteiger partial charge in [-0.3, -0.25) is 0 Å². The third-order valence-corrected chi connectivity index (χ3v) is 2.99. The standard InChI is InChI=1S/C15H21NO2/c1-3-17-10-6-9-16-12(2)15-11-13-7-4-5-8-14(13)18-15/h4-5,7-8,11-12,16H,3,6,9-10H2,1-2H3. The van der Waals surface area contributed by atoms with Gasteiger partial charge in [-0.05, 0) is 38.9 Å². The fraction of sp³-hybridized carbons (Fsp3) is 0.467. The quantitative estimate of drug-likeness (QED) is 0.760. The van der Waals surface area contributed by atoms with Gasteiger partial charge in [0.05, 0.1) is 6.04 Å². The molecule has 0 bridgehead atoms. The smallest absolute Gasteiger partial charge is 0.134 e. The number of nitrogens with one attached hydrogen (secondary N) is 1. The van der Waals surface area contributed by atoms with Crippen molar-refractivity contribution in [3.63, 3.8) is 0 Å². The lowest BCUT2D eigenvalue weighted by Gasteiger charge is -2.10. The molecule has 1 aromatic heterocycles. The van der Waals surface area contributed by atoms with E-state index < -0.39 is 0 Å². The van der Waals surface area contributed by atoms with Gasteiger partial charge in [-0.15, -0.1) is 0 Å². The molecule has 0 aliphatic carbocycles. The van der Waals surface area contributed by atoms with Crippen LogP contribution in [0.15, 0.2) is 34.7 Å². The molecular weight excluding hydrogens is 226 g/mol. The van der Waals surface area contributed by atoms with E-state index in [1.165, 1.54) is 0 Å². The number of fused-ring (bicyclic) bond motifs is 1. The Balaban J connectivity index is 1.86. The maximum absolute atomic E-state index is 5.81. The van der Waals surface area contributed by atoms with Crippen LogP contribution in [0.2, 0.25) is 0 Å². The average molecular weight is 247 g/mol. The van der Waals surface area contributed by atoms with Crippen LogP contribution in [0.5, 0.6) is 0 Å². The topological polar surface area (TPSA) is 34.4 Å². The van der Waals surface area contributed by atoms with Crippen LogP contribution in [0.4, 0.5) is 0 Å². The molecule has 1 N–H and O–H groups in total. The Bertz CT molecular complexity index is 445. The first-order valence-electron chi connectivity index (χ1n) is 6.61. The van der Waals surface area contributed by atoms with Crippen LogP contribution >= 0.6 is 0 Å². The van der Waals surface area contributed by atoms with Gasteiger partial charge in [-0.25, -0.2) is 0 Å². The Hall–Kier alpha value is -1.32. The van der Waals surface area contributed by atoms with E-state index in [1.807, 2.05) is 25.1 Å². The van der Waals surface area contributed by atoms with Gasteiger partial charge in [0.2, 0.25) is 0 Å². The molecule has 3 nitrogen and oxygen atoms in total. The molecule has 0 spiro atoms. The predicted molar refractivity (Wildman–Crippen MR) is 73.7 cm³/mol. The highest BCUT2D eigenvalue weighted by Crippen LogP contribution is 2.23. The molecule has 98 valence electrons. The van der Waals surface area contributed by atoms with Crippen molar-refractivity contribution >= 4 is 11.0 Å². The van der Waals surface area contributed by atoms with Crippen LogP contribution in [0, 0.1) is 0 Å². The summed E-state index contributed by atoms with van der Waals surface area (Å²) in [5.41, 5.74) is 0.954. The molecule has 0 aliphatic rings. The van der Waals surface area contributed by atoms with E-state index in [-0.39, 0.29) is 6.04 Å². The van der Waals surface area contributed by atoms with Gasteiger partial charge in [0.25, 0.3) is 0 Å². The molecular formula is C15H21NO2. The van der Waals surface area contributed by atoms with E-state index in [0.29, 0.717) is 0 Å². The third-order valence-electron chi connectivity index (χ3n) is 2.99. The summed E-state index contributed by atoms with van der Waals surface area (Å²) in [5.74, 6) is 0.993. The number of hydrogen-bond donors (Lipinski definition) is 1. The first-order chi connectivity index (χ1) is 8.81. The highest BCUT2D eigenvalue weighted by molar-refractivity contribution is 5.77. The number of rotatable bonds is 7. The summed E-state index contributed by atoms with van der Waals surface area (Å²) in [6, 6.07) is 10.4. The minimum Gasteiger partial charge on any atom is -0.459 e. The molecule has 1 atom stereocenters. The fourth-order valence-electron chi connectivity index (χ4n) is 1.95. The molecule has 0 saturated heterocycles. The van der Waals surface area contributed by atoms with Crippen molar-refractivity contribution in [2.24, 2.45) is 0 Å². The first-order valence-corrected chi connectivity index (χ1v) is 6.61. The number of para-hydroxylation sites is 1. The molecule has 1 unspecified atom stereocenters. The zero-order valence-electron chi connectivity index (χ0n) is 11.1. The summed E-state index contributed by atoms with van der Waals surface area (Å²) in [6.07, 6.45) is 1.03. The van der Waals surface area contributed by atoms with Crippen molar-refractivity contribution in [2.45, 2.75) is 26.3 Å². The van der Waals surface area contributed by atoms with E-state index in [1.54, 1.807) is 0 Å². The van der Waals surface area contributed by atoms with Crippen LogP contribution < -0.4 is 5.32 Å². The van der Waals surface area contributed by atoms with Gasteiger partial charge in [0.15, 0.2) is 0 Å². The SMILES string of the molecule is CCOCCCNC(C)c1cc2ccccc2o1. The van der Waals surface area contributed by atoms with Crippen LogP contribution in [0.3, 0.4) is 0 Å². The van der Waals surface area contributed by atoms with Crippen LogP contribution in [0.25, 0.3) is 11.0 Å². The maximum atomic E-state index is 5.81. The molecule has 0 saturated carbocycles. The van der Waals surface area contributed by atoms with E-state index in [4.69, 9.17) is 9.15 Å². The largest absolute Gasteiger partial charge is 0.459 e. The van der Waals surface area contributed by atoms with Gasteiger partial charge in [-0.2, -0.15) is 0 Å². The zero-order valence-corrected chi connectivity index (χ0v) is 11.1. The van der Waals surface area contributed by atoms with Gasteiger partial charge in [0.1, 0.15) is 11.3 Å². The van der Waals surface area contributed by atoms with Crippen LogP contribution in [-0.4, -0.2) is 19.8 Å². The van der Waals surface area contributed by atoms with Gasteiger partial charge < -0.3 is 14.5 Å². The summed E-state index contributed by atoms with van der Waals surface area (Å²) in [6.45, 7) is 6.69. The minimum atomic E-state index is 0.235. The second-order valence-electron chi connectivity index (χ2n) is 4.41. The summed E-state index contributed by atoms with van der Waals surface area (Å²) in [5, 5.41) is 4.61. The average Bonchev–Trinajstić information content (AvgIpc) is 2.82. The maximum Gasteiger partial charge on any atom is 0.134 e. The highest BCUT2D eigenvalue weighted by Gasteiger charge is 2.10. The summed E-state index contributed by atoms with van der Waals surface area (Å²) >= 11 is 0. The normalized spacial score (nSPS) is 13.0. The molecule has 1 aromatic carbocycles. The van der Waals surface area contributed by atoms with Crippen LogP contribution in [0.1, 0.15) is 32.1 Å². The molecule has 0 amide bonds. The Morgan fingerprint density at radius 3 is 2.94 bits per heavy atom. The monoisotopic (exact) mass is 247 g/mol. The Labute approximate surface area is 108 Å². The molecule has 1 heterocycles. The third kappa shape index (κ3) is 3.34. The van der Waals surface area contributed by atoms with Gasteiger partial charge in [-0.1, -0.05) is 18.2 Å². The van der Waals surface area contributed by atoms with Crippen molar-refractivity contribution in [2.75, 3.05) is 19.8 Å². The van der Waals surface area contributed by atoms with Crippen molar-refractivity contribution in [1.29, 1.82) is 0 Å². The minimum absolute atomic E-state index is 0.235. The molecule has 0 aliphatic heterocycles. The Kier molecular flexibility index (Phi) is 4.79. The summed E-state index contributed by atoms with van der Waals surface area (Å²) < 4.78 is 11.1. The second-order valence-corrected chi connectivity index (χ2v) is 4.41. The van der Waals surface area contributed by atoms with Crippen molar-refractivity contribution < 1.29 is 9.15 Å². The summed E-state index contributed by atoms with van der Waals surface area (Å²) in [4.78, 5) is 0. The summed E-state index contributed by atoms with van der Waals surface area (Å²) in [7, 11) is 0. The van der Waals surface area contributed by atoms with Gasteiger partial charge >= 0.3 is 0 Å². The molecule has 0 radical (unpaired) electrons.